The van der Waals surface area contributed by atoms with Crippen LogP contribution in [0.5, 0.6) is 0 Å². The van der Waals surface area contributed by atoms with E-state index in [9.17, 15) is 24.6 Å². The molecule has 0 bridgehead atoms. The number of nitrogens with zero attached hydrogens (tertiary/aromatic N) is 2. The third-order valence-corrected chi connectivity index (χ3v) is 7.38. The Morgan fingerprint density at radius 1 is 1.15 bits per heavy atom. The predicted octanol–water partition coefficient (Wildman–Crippen LogP) is 3.01. The van der Waals surface area contributed by atoms with Crippen LogP contribution in [-0.4, -0.2) is 58.7 Å². The van der Waals surface area contributed by atoms with Gasteiger partial charge in [-0.25, -0.2) is 14.0 Å². The predicted molar refractivity (Wildman–Crippen MR) is 145 cm³/mol. The van der Waals surface area contributed by atoms with Gasteiger partial charge in [-0.1, -0.05) is 30.3 Å². The van der Waals surface area contributed by atoms with Crippen LogP contribution in [0.3, 0.4) is 0 Å². The van der Waals surface area contributed by atoms with Gasteiger partial charge in [-0.15, -0.1) is 0 Å². The van der Waals surface area contributed by atoms with Crippen molar-refractivity contribution in [3.8, 4) is 0 Å². The third-order valence-electron chi connectivity index (χ3n) is 7.38. The van der Waals surface area contributed by atoms with Crippen molar-refractivity contribution >= 4 is 28.7 Å². The van der Waals surface area contributed by atoms with E-state index in [0.717, 1.165) is 24.5 Å². The van der Waals surface area contributed by atoms with Gasteiger partial charge in [0.15, 0.2) is 0 Å². The van der Waals surface area contributed by atoms with Crippen LogP contribution in [0.4, 0.5) is 14.9 Å². The van der Waals surface area contributed by atoms with Crippen molar-refractivity contribution in [3.05, 3.63) is 75.3 Å². The van der Waals surface area contributed by atoms with Crippen LogP contribution < -0.4 is 15.6 Å². The van der Waals surface area contributed by atoms with Crippen LogP contribution in [0, 0.1) is 5.82 Å². The molecule has 1 aliphatic heterocycles. The second-order valence-electron chi connectivity index (χ2n) is 10.1. The lowest BCUT2D eigenvalue weighted by atomic mass is 10.0. The molecule has 3 N–H and O–H groups in total. The maximum absolute atomic E-state index is 15.8. The highest BCUT2D eigenvalue weighted by Crippen LogP contribution is 2.41. The van der Waals surface area contributed by atoms with Crippen LogP contribution in [0.15, 0.2) is 47.4 Å². The minimum atomic E-state index is -0.785. The topological polar surface area (TPSA) is 130 Å². The highest BCUT2D eigenvalue weighted by Gasteiger charge is 2.37. The van der Waals surface area contributed by atoms with Gasteiger partial charge in [-0.2, -0.15) is 0 Å². The maximum atomic E-state index is 15.8. The fraction of sp³-hybridized carbons (Fsp3) is 0.414. The number of fused-ring (bicyclic) bond motifs is 1. The lowest BCUT2D eigenvalue weighted by molar-refractivity contribution is 0.0524. The molecule has 2 aromatic carbocycles. The molecule has 40 heavy (non-hydrogen) atoms. The Morgan fingerprint density at radius 3 is 2.55 bits per heavy atom. The molecule has 2 heterocycles. The van der Waals surface area contributed by atoms with Crippen molar-refractivity contribution < 1.29 is 33.7 Å². The molecule has 1 saturated carbocycles. The molecule has 5 rings (SSSR count). The van der Waals surface area contributed by atoms with Crippen LogP contribution in [0.1, 0.15) is 53.7 Å². The van der Waals surface area contributed by atoms with E-state index in [2.05, 4.69) is 5.32 Å². The van der Waals surface area contributed by atoms with E-state index in [0.29, 0.717) is 11.9 Å². The molecule has 2 aliphatic rings. The molecule has 1 saturated heterocycles. The summed E-state index contributed by atoms with van der Waals surface area (Å²) in [6.07, 6.45) is 2.72. The quantitative estimate of drug-likeness (QED) is 0.345. The van der Waals surface area contributed by atoms with E-state index in [1.165, 1.54) is 6.20 Å². The second kappa shape index (κ2) is 11.6. The molecule has 1 aliphatic carbocycles. The number of hydrogen-bond donors (Lipinski definition) is 3. The van der Waals surface area contributed by atoms with Gasteiger partial charge in [0, 0.05) is 29.7 Å². The van der Waals surface area contributed by atoms with Crippen molar-refractivity contribution in [2.75, 3.05) is 24.7 Å². The van der Waals surface area contributed by atoms with Gasteiger partial charge in [-0.05, 0) is 37.8 Å². The Bertz CT molecular complexity index is 1470. The number of nitrogens with one attached hydrogen (secondary N) is 1. The number of esters is 1. The van der Waals surface area contributed by atoms with Crippen molar-refractivity contribution in [2.24, 2.45) is 0 Å². The summed E-state index contributed by atoms with van der Waals surface area (Å²) in [5.74, 6) is -1.56. The highest BCUT2D eigenvalue weighted by molar-refractivity contribution is 5.96. The highest BCUT2D eigenvalue weighted by atomic mass is 19.1. The number of carbonyl (C=O) groups excluding carboxylic acids is 2. The van der Waals surface area contributed by atoms with Crippen molar-refractivity contribution in [2.45, 2.75) is 57.5 Å². The molecule has 0 spiro atoms. The van der Waals surface area contributed by atoms with Gasteiger partial charge in [0.2, 0.25) is 5.43 Å². The molecule has 2 fully saturated rings. The monoisotopic (exact) mass is 553 g/mol. The molecule has 0 radical (unpaired) electrons. The van der Waals surface area contributed by atoms with Gasteiger partial charge in [-0.3, -0.25) is 4.79 Å². The molecular formula is C29H32FN3O7. The van der Waals surface area contributed by atoms with Crippen LogP contribution in [0.25, 0.3) is 10.9 Å². The van der Waals surface area contributed by atoms with E-state index >= 15 is 4.39 Å². The largest absolute Gasteiger partial charge is 0.462 e. The summed E-state index contributed by atoms with van der Waals surface area (Å²) < 4.78 is 27.9. The van der Waals surface area contributed by atoms with Crippen LogP contribution in [-0.2, 0) is 22.7 Å². The number of alkyl carbamates (subject to hydrolysis) is 1. The Kier molecular flexibility index (Phi) is 8.04. The number of hydrogen-bond acceptors (Lipinski definition) is 8. The van der Waals surface area contributed by atoms with Crippen molar-refractivity contribution in [1.82, 2.24) is 9.88 Å². The number of benzene rings is 2. The number of aliphatic hydroxyl groups excluding tert-OH is 2. The Morgan fingerprint density at radius 2 is 1.90 bits per heavy atom. The molecule has 1 amide bonds. The van der Waals surface area contributed by atoms with Gasteiger partial charge in [0.05, 0.1) is 43.1 Å². The Hall–Kier alpha value is -3.96. The zero-order valence-corrected chi connectivity index (χ0v) is 22.1. The summed E-state index contributed by atoms with van der Waals surface area (Å²) in [5, 5.41) is 23.4. The van der Waals surface area contributed by atoms with Gasteiger partial charge < -0.3 is 34.5 Å². The number of anilines is 1. The number of aliphatic hydroxyl groups is 2. The summed E-state index contributed by atoms with van der Waals surface area (Å²) in [6, 6.07) is 9.27. The van der Waals surface area contributed by atoms with E-state index in [1.807, 2.05) is 30.3 Å². The first-order chi connectivity index (χ1) is 19.4. The standard InChI is InChI=1S/C29H32FN3O7/c1-2-39-28(37)22-13-33(19-8-9-19)25-21(27(22)36)11-24(30)26(23(25)15-35)32-12-18(10-20(32)14-34)31-29(38)40-16-17-6-4-3-5-7-17/h3-7,11,13,18-20,34-35H,2,8-10,12,14-16H2,1H3,(H,31,38)/t18-,20+/m1/s1. The molecular weight excluding hydrogens is 521 g/mol. The van der Waals surface area contributed by atoms with Crippen LogP contribution >= 0.6 is 0 Å². The number of ether oxygens (including phenoxy) is 2. The first kappa shape index (κ1) is 27.6. The van der Waals surface area contributed by atoms with E-state index < -0.39 is 42.0 Å². The first-order valence-electron chi connectivity index (χ1n) is 13.4. The van der Waals surface area contributed by atoms with E-state index in [-0.39, 0.29) is 54.6 Å². The average Bonchev–Trinajstić information content (AvgIpc) is 3.72. The fourth-order valence-corrected chi connectivity index (χ4v) is 5.41. The Balaban J connectivity index is 1.47. The number of halogens is 1. The molecule has 0 unspecified atom stereocenters. The SMILES string of the molecule is CCOC(=O)c1cn(C2CC2)c2c(CO)c(N3C[C@H](NC(=O)OCc4ccccc4)C[C@H]3CO)c(F)cc2c1=O. The van der Waals surface area contributed by atoms with Gasteiger partial charge in [0.1, 0.15) is 18.0 Å². The summed E-state index contributed by atoms with van der Waals surface area (Å²) in [5.41, 5.74) is 0.539. The molecule has 3 aromatic rings. The Labute approximate surface area is 229 Å². The van der Waals surface area contributed by atoms with Crippen molar-refractivity contribution in [3.63, 3.8) is 0 Å². The fourth-order valence-electron chi connectivity index (χ4n) is 5.41. The number of carbonyl (C=O) groups is 2. The zero-order chi connectivity index (χ0) is 28.4. The van der Waals surface area contributed by atoms with Crippen LogP contribution in [0.2, 0.25) is 0 Å². The summed E-state index contributed by atoms with van der Waals surface area (Å²) in [4.78, 5) is 39.9. The summed E-state index contributed by atoms with van der Waals surface area (Å²) >= 11 is 0. The number of rotatable bonds is 9. The lowest BCUT2D eigenvalue weighted by Crippen LogP contribution is -2.38. The minimum Gasteiger partial charge on any atom is -0.462 e. The van der Waals surface area contributed by atoms with Gasteiger partial charge >= 0.3 is 12.1 Å². The van der Waals surface area contributed by atoms with Crippen molar-refractivity contribution in [1.29, 1.82) is 0 Å². The number of amides is 1. The molecule has 212 valence electrons. The number of pyridine rings is 1. The molecule has 10 nitrogen and oxygen atoms in total. The first-order valence-corrected chi connectivity index (χ1v) is 13.4. The maximum Gasteiger partial charge on any atom is 0.407 e. The average molecular weight is 554 g/mol. The minimum absolute atomic E-state index is 0.0131. The number of aromatic nitrogens is 1. The summed E-state index contributed by atoms with van der Waals surface area (Å²) in [6.45, 7) is 1.05. The molecule has 11 heteroatoms. The van der Waals surface area contributed by atoms with E-state index in [1.54, 1.807) is 16.4 Å². The zero-order valence-electron chi connectivity index (χ0n) is 22.1. The summed E-state index contributed by atoms with van der Waals surface area (Å²) in [7, 11) is 0. The van der Waals surface area contributed by atoms with E-state index in [4.69, 9.17) is 9.47 Å². The lowest BCUT2D eigenvalue weighted by Gasteiger charge is -2.29. The molecule has 1 aromatic heterocycles. The second-order valence-corrected chi connectivity index (χ2v) is 10.1. The normalized spacial score (nSPS) is 18.6. The smallest absolute Gasteiger partial charge is 0.407 e. The van der Waals surface area contributed by atoms with Gasteiger partial charge in [0.25, 0.3) is 0 Å². The third kappa shape index (κ3) is 5.39. The molecule has 2 atom stereocenters.